The van der Waals surface area contributed by atoms with Gasteiger partial charge in [-0.3, -0.25) is 9.67 Å². The maximum atomic E-state index is 10.7. The summed E-state index contributed by atoms with van der Waals surface area (Å²) in [6.07, 6.45) is 4.53. The summed E-state index contributed by atoms with van der Waals surface area (Å²) >= 11 is 0. The van der Waals surface area contributed by atoms with Crippen LogP contribution in [0, 0.1) is 11.8 Å². The molecule has 0 saturated heterocycles. The summed E-state index contributed by atoms with van der Waals surface area (Å²) < 4.78 is 3.83. The second-order valence-corrected chi connectivity index (χ2v) is 6.49. The Kier molecular flexibility index (Phi) is 4.27. The number of pyridine rings is 2. The molecule has 4 heterocycles. The van der Waals surface area contributed by atoms with Gasteiger partial charge in [-0.25, -0.2) is 4.98 Å². The average Bonchev–Trinajstić information content (AvgIpc) is 3.22. The molecule has 4 aromatic rings. The minimum Gasteiger partial charge on any atom is -0.301 e. The molecule has 0 amide bonds. The average molecular weight is 360 g/mol. The summed E-state index contributed by atoms with van der Waals surface area (Å²) in [6.45, 7) is 4.18. The van der Waals surface area contributed by atoms with Crippen molar-refractivity contribution in [2.24, 2.45) is 12.2 Å². The van der Waals surface area contributed by atoms with Crippen LogP contribution < -0.4 is 0 Å². The van der Waals surface area contributed by atoms with Gasteiger partial charge in [0.15, 0.2) is 0 Å². The second kappa shape index (κ2) is 6.75. The number of fused-ring (bicyclic) bond motifs is 1. The van der Waals surface area contributed by atoms with Crippen LogP contribution in [-0.2, 0) is 20.0 Å². The van der Waals surface area contributed by atoms with E-state index in [-0.39, 0.29) is 6.54 Å². The van der Waals surface area contributed by atoms with Gasteiger partial charge >= 0.3 is 0 Å². The van der Waals surface area contributed by atoms with E-state index in [4.69, 9.17) is 5.10 Å². The normalized spacial score (nSPS) is 11.2. The zero-order valence-corrected chi connectivity index (χ0v) is 15.5. The molecule has 0 saturated carbocycles. The zero-order valence-electron chi connectivity index (χ0n) is 15.5. The van der Waals surface area contributed by atoms with Crippen molar-refractivity contribution >= 4 is 5.65 Å². The van der Waals surface area contributed by atoms with Gasteiger partial charge in [-0.1, -0.05) is 18.2 Å². The molecule has 0 unspecified atom stereocenters. The van der Waals surface area contributed by atoms with Gasteiger partial charge in [0, 0.05) is 35.8 Å². The molecule has 4 aromatic heterocycles. The van der Waals surface area contributed by atoms with Gasteiger partial charge < -0.3 is 4.40 Å². The summed E-state index contributed by atoms with van der Waals surface area (Å²) in [5.74, 6) is 0. The summed E-state index contributed by atoms with van der Waals surface area (Å²) in [6, 6.07) is 9.94. The van der Waals surface area contributed by atoms with E-state index in [1.54, 1.807) is 6.20 Å². The van der Waals surface area contributed by atoms with Crippen LogP contribution in [0.2, 0.25) is 0 Å². The molecule has 136 valence electrons. The van der Waals surface area contributed by atoms with Crippen molar-refractivity contribution in [3.05, 3.63) is 64.7 Å². The monoisotopic (exact) mass is 360 g/mol. The van der Waals surface area contributed by atoms with Crippen LogP contribution in [0.1, 0.15) is 24.0 Å². The highest BCUT2D eigenvalue weighted by Crippen LogP contribution is 2.34. The van der Waals surface area contributed by atoms with E-state index in [1.165, 1.54) is 0 Å². The predicted octanol–water partition coefficient (Wildman–Crippen LogP) is 3.93. The molecule has 0 atom stereocenters. The summed E-state index contributed by atoms with van der Waals surface area (Å²) in [5.41, 5.74) is 7.39. The lowest BCUT2D eigenvalue weighted by Gasteiger charge is -2.08. The van der Waals surface area contributed by atoms with Crippen molar-refractivity contribution in [3.8, 4) is 22.5 Å². The fourth-order valence-corrected chi connectivity index (χ4v) is 3.48. The topological polar surface area (TPSA) is 77.4 Å². The summed E-state index contributed by atoms with van der Waals surface area (Å²) in [5, 5.41) is 7.76. The standard InChI is InChI=1S/C20H20N6O/c1-4-17-19(20(24-25(17)3)16-7-5-6-13(2)23-16)14-8-9-18-21-10-15(11-22-27)26(18)12-14/h5-10,12H,4,11H2,1-3H3. The number of nitrogens with zero attached hydrogens (tertiary/aromatic N) is 6. The molecule has 0 fully saturated rings. The van der Waals surface area contributed by atoms with E-state index < -0.39 is 0 Å². The molecule has 7 nitrogen and oxygen atoms in total. The van der Waals surface area contributed by atoms with Crippen molar-refractivity contribution in [1.82, 2.24) is 24.1 Å². The smallest absolute Gasteiger partial charge is 0.136 e. The van der Waals surface area contributed by atoms with Gasteiger partial charge in [-0.15, -0.1) is 0 Å². The van der Waals surface area contributed by atoms with Crippen molar-refractivity contribution in [2.75, 3.05) is 0 Å². The van der Waals surface area contributed by atoms with Crippen LogP contribution in [0.3, 0.4) is 0 Å². The van der Waals surface area contributed by atoms with Crippen LogP contribution in [-0.4, -0.2) is 24.1 Å². The first-order chi connectivity index (χ1) is 13.1. The zero-order chi connectivity index (χ0) is 19.0. The van der Waals surface area contributed by atoms with Crippen LogP contribution in [0.25, 0.3) is 28.2 Å². The van der Waals surface area contributed by atoms with Crippen molar-refractivity contribution < 1.29 is 0 Å². The van der Waals surface area contributed by atoms with E-state index in [0.29, 0.717) is 0 Å². The molecular weight excluding hydrogens is 340 g/mol. The van der Waals surface area contributed by atoms with E-state index in [0.717, 1.165) is 51.7 Å². The SMILES string of the molecule is CCc1c(-c2ccc3ncc(CN=O)n3c2)c(-c2cccc(C)n2)nn1C. The molecule has 7 heteroatoms. The second-order valence-electron chi connectivity index (χ2n) is 6.49. The highest BCUT2D eigenvalue weighted by molar-refractivity contribution is 5.81. The van der Waals surface area contributed by atoms with Crippen LogP contribution in [0.15, 0.2) is 47.9 Å². The predicted molar refractivity (Wildman–Crippen MR) is 104 cm³/mol. The molecule has 0 aliphatic heterocycles. The molecule has 0 aliphatic rings. The fourth-order valence-electron chi connectivity index (χ4n) is 3.48. The Balaban J connectivity index is 1.96. The van der Waals surface area contributed by atoms with Crippen LogP contribution >= 0.6 is 0 Å². The van der Waals surface area contributed by atoms with E-state index in [1.807, 2.05) is 59.6 Å². The third-order valence-corrected chi connectivity index (χ3v) is 4.73. The molecule has 0 radical (unpaired) electrons. The molecule has 0 aromatic carbocycles. The van der Waals surface area contributed by atoms with Gasteiger partial charge in [0.25, 0.3) is 0 Å². The Morgan fingerprint density at radius 3 is 2.78 bits per heavy atom. The van der Waals surface area contributed by atoms with Crippen LogP contribution in [0.5, 0.6) is 0 Å². The number of rotatable bonds is 5. The van der Waals surface area contributed by atoms with E-state index in [9.17, 15) is 4.91 Å². The fraction of sp³-hybridized carbons (Fsp3) is 0.250. The van der Waals surface area contributed by atoms with Gasteiger partial charge in [-0.05, 0) is 37.6 Å². The molecule has 0 N–H and O–H groups in total. The first-order valence-corrected chi connectivity index (χ1v) is 8.87. The van der Waals surface area contributed by atoms with Gasteiger partial charge in [0.1, 0.15) is 17.9 Å². The quantitative estimate of drug-likeness (QED) is 0.505. The van der Waals surface area contributed by atoms with Crippen molar-refractivity contribution in [1.29, 1.82) is 0 Å². The summed E-state index contributed by atoms with van der Waals surface area (Å²) in [7, 11) is 1.96. The third-order valence-electron chi connectivity index (χ3n) is 4.73. The molecular formula is C20H20N6O. The Bertz CT molecular complexity index is 1140. The number of hydrogen-bond acceptors (Lipinski definition) is 5. The number of nitroso groups, excluding NO2 is 1. The Hall–Kier alpha value is -3.35. The molecule has 0 bridgehead atoms. The molecule has 0 spiro atoms. The number of imidazole rings is 1. The third kappa shape index (κ3) is 2.91. The van der Waals surface area contributed by atoms with Gasteiger partial charge in [-0.2, -0.15) is 10.0 Å². The van der Waals surface area contributed by atoms with Crippen molar-refractivity contribution in [2.45, 2.75) is 26.8 Å². The maximum absolute atomic E-state index is 10.7. The molecule has 27 heavy (non-hydrogen) atoms. The molecule has 4 rings (SSSR count). The van der Waals surface area contributed by atoms with Gasteiger partial charge in [0.2, 0.25) is 0 Å². The highest BCUT2D eigenvalue weighted by atomic mass is 16.3. The van der Waals surface area contributed by atoms with E-state index >= 15 is 0 Å². The number of aryl methyl sites for hydroxylation is 2. The Morgan fingerprint density at radius 2 is 2.04 bits per heavy atom. The minimum absolute atomic E-state index is 0.0879. The first kappa shape index (κ1) is 17.1. The minimum atomic E-state index is 0.0879. The van der Waals surface area contributed by atoms with Crippen LogP contribution in [0.4, 0.5) is 0 Å². The lowest BCUT2D eigenvalue weighted by molar-refractivity contribution is 0.720. The highest BCUT2D eigenvalue weighted by Gasteiger charge is 2.20. The van der Waals surface area contributed by atoms with E-state index in [2.05, 4.69) is 22.1 Å². The largest absolute Gasteiger partial charge is 0.301 e. The number of hydrogen-bond donors (Lipinski definition) is 0. The Labute approximate surface area is 156 Å². The number of aromatic nitrogens is 5. The lowest BCUT2D eigenvalue weighted by atomic mass is 10.0. The summed E-state index contributed by atoms with van der Waals surface area (Å²) in [4.78, 5) is 19.7. The first-order valence-electron chi connectivity index (χ1n) is 8.87. The maximum Gasteiger partial charge on any atom is 0.136 e. The Morgan fingerprint density at radius 1 is 1.19 bits per heavy atom. The lowest BCUT2D eigenvalue weighted by Crippen LogP contribution is -1.98. The van der Waals surface area contributed by atoms with Gasteiger partial charge in [0.05, 0.1) is 17.6 Å². The van der Waals surface area contributed by atoms with Crippen molar-refractivity contribution in [3.63, 3.8) is 0 Å². The molecule has 0 aliphatic carbocycles.